The van der Waals surface area contributed by atoms with Crippen molar-refractivity contribution in [2.24, 2.45) is 5.41 Å². The number of aromatic nitrogens is 1. The summed E-state index contributed by atoms with van der Waals surface area (Å²) in [5.41, 5.74) is 0.443. The highest BCUT2D eigenvalue weighted by atomic mass is 32.1. The molecule has 2 rings (SSSR count). The first-order chi connectivity index (χ1) is 8.65. The summed E-state index contributed by atoms with van der Waals surface area (Å²) in [5.74, 6) is 0. The Morgan fingerprint density at radius 3 is 3.00 bits per heavy atom. The molecule has 0 radical (unpaired) electrons. The lowest BCUT2D eigenvalue weighted by molar-refractivity contribution is 0.187. The van der Waals surface area contributed by atoms with Gasteiger partial charge in [0.25, 0.3) is 0 Å². The predicted octanol–water partition coefficient (Wildman–Crippen LogP) is 2.88. The molecule has 3 nitrogen and oxygen atoms in total. The zero-order chi connectivity index (χ0) is 13.0. The van der Waals surface area contributed by atoms with Crippen molar-refractivity contribution >= 4 is 11.3 Å². The Balaban J connectivity index is 1.89. The van der Waals surface area contributed by atoms with Crippen molar-refractivity contribution in [3.05, 3.63) is 16.1 Å². The van der Waals surface area contributed by atoms with Gasteiger partial charge in [0, 0.05) is 24.2 Å². The first-order valence-electron chi connectivity index (χ1n) is 7.02. The summed E-state index contributed by atoms with van der Waals surface area (Å²) in [6.07, 6.45) is 5.86. The van der Waals surface area contributed by atoms with Gasteiger partial charge in [-0.25, -0.2) is 4.98 Å². The average molecular weight is 267 g/mol. The largest absolute Gasteiger partial charge is 0.316 e. The van der Waals surface area contributed by atoms with Gasteiger partial charge in [0.05, 0.1) is 6.04 Å². The minimum atomic E-state index is 0.369. The van der Waals surface area contributed by atoms with Crippen LogP contribution in [0.1, 0.15) is 49.0 Å². The summed E-state index contributed by atoms with van der Waals surface area (Å²) in [5, 5.41) is 8.43. The van der Waals surface area contributed by atoms with Crippen LogP contribution < -0.4 is 10.6 Å². The zero-order valence-corrected chi connectivity index (χ0v) is 12.6. The van der Waals surface area contributed by atoms with Gasteiger partial charge >= 0.3 is 0 Å². The Kier molecular flexibility index (Phi) is 4.76. The van der Waals surface area contributed by atoms with Crippen LogP contribution in [-0.2, 0) is 0 Å². The van der Waals surface area contributed by atoms with Gasteiger partial charge in [0.2, 0.25) is 0 Å². The summed E-state index contributed by atoms with van der Waals surface area (Å²) < 4.78 is 0. The Morgan fingerprint density at radius 1 is 1.61 bits per heavy atom. The number of rotatable bonds is 5. The van der Waals surface area contributed by atoms with Crippen LogP contribution in [0.4, 0.5) is 0 Å². The summed E-state index contributed by atoms with van der Waals surface area (Å²) in [4.78, 5) is 5.76. The van der Waals surface area contributed by atoms with E-state index in [4.69, 9.17) is 0 Å². The lowest BCUT2D eigenvalue weighted by Gasteiger charge is -2.38. The van der Waals surface area contributed by atoms with Gasteiger partial charge in [-0.05, 0) is 45.1 Å². The molecule has 2 atom stereocenters. The van der Waals surface area contributed by atoms with Crippen LogP contribution in [0.15, 0.2) is 6.20 Å². The highest BCUT2D eigenvalue weighted by Gasteiger charge is 2.30. The third-order valence-electron chi connectivity index (χ3n) is 4.10. The molecule has 18 heavy (non-hydrogen) atoms. The molecule has 4 heteroatoms. The van der Waals surface area contributed by atoms with Crippen molar-refractivity contribution in [2.75, 3.05) is 19.6 Å². The number of thiazole rings is 1. The second-order valence-electron chi connectivity index (χ2n) is 5.55. The molecule has 1 aliphatic rings. The van der Waals surface area contributed by atoms with E-state index < -0.39 is 0 Å². The third-order valence-corrected chi connectivity index (χ3v) is 5.20. The fourth-order valence-electron chi connectivity index (χ4n) is 2.64. The van der Waals surface area contributed by atoms with Crippen molar-refractivity contribution < 1.29 is 0 Å². The number of nitrogens with one attached hydrogen (secondary N) is 2. The number of aryl methyl sites for hydroxylation is 1. The summed E-state index contributed by atoms with van der Waals surface area (Å²) in [7, 11) is 0. The van der Waals surface area contributed by atoms with Gasteiger partial charge in [-0.15, -0.1) is 11.3 Å². The molecule has 1 aromatic heterocycles. The number of hydrogen-bond acceptors (Lipinski definition) is 4. The van der Waals surface area contributed by atoms with E-state index in [0.29, 0.717) is 11.5 Å². The lowest BCUT2D eigenvalue weighted by Crippen LogP contribution is -2.46. The van der Waals surface area contributed by atoms with E-state index >= 15 is 0 Å². The number of hydrogen-bond donors (Lipinski definition) is 2. The number of nitrogens with zero attached hydrogens (tertiary/aromatic N) is 1. The van der Waals surface area contributed by atoms with Crippen LogP contribution in [0.5, 0.6) is 0 Å². The van der Waals surface area contributed by atoms with Crippen LogP contribution in [-0.4, -0.2) is 24.6 Å². The molecular weight excluding hydrogens is 242 g/mol. The van der Waals surface area contributed by atoms with E-state index in [1.165, 1.54) is 35.7 Å². The summed E-state index contributed by atoms with van der Waals surface area (Å²) in [6.45, 7) is 10.1. The average Bonchev–Trinajstić information content (AvgIpc) is 2.84. The van der Waals surface area contributed by atoms with E-state index in [1.807, 2.05) is 6.20 Å². The normalized spacial score (nSPS) is 26.2. The second kappa shape index (κ2) is 6.13. The van der Waals surface area contributed by atoms with Crippen molar-refractivity contribution in [3.63, 3.8) is 0 Å². The van der Waals surface area contributed by atoms with Crippen LogP contribution in [0, 0.1) is 12.3 Å². The topological polar surface area (TPSA) is 37.0 Å². The summed E-state index contributed by atoms with van der Waals surface area (Å²) in [6, 6.07) is 0.369. The molecule has 0 aromatic carbocycles. The molecule has 1 saturated heterocycles. The minimum Gasteiger partial charge on any atom is -0.316 e. The lowest BCUT2D eigenvalue weighted by atomic mass is 9.78. The Bertz CT molecular complexity index is 369. The fraction of sp³-hybridized carbons (Fsp3) is 0.786. The predicted molar refractivity (Wildman–Crippen MR) is 78.1 cm³/mol. The maximum atomic E-state index is 4.47. The molecule has 1 fully saturated rings. The monoisotopic (exact) mass is 267 g/mol. The molecule has 2 N–H and O–H groups in total. The third kappa shape index (κ3) is 3.31. The first kappa shape index (κ1) is 14.0. The van der Waals surface area contributed by atoms with E-state index in [2.05, 4.69) is 36.4 Å². The Morgan fingerprint density at radius 2 is 2.44 bits per heavy atom. The zero-order valence-electron chi connectivity index (χ0n) is 11.8. The van der Waals surface area contributed by atoms with E-state index in [0.717, 1.165) is 13.1 Å². The first-order valence-corrected chi connectivity index (χ1v) is 7.83. The molecule has 0 aliphatic carbocycles. The molecule has 0 spiro atoms. The van der Waals surface area contributed by atoms with Crippen molar-refractivity contribution in [2.45, 2.75) is 46.1 Å². The summed E-state index contributed by atoms with van der Waals surface area (Å²) >= 11 is 1.80. The molecule has 2 heterocycles. The van der Waals surface area contributed by atoms with Gasteiger partial charge in [-0.1, -0.05) is 6.92 Å². The fourth-order valence-corrected chi connectivity index (χ4v) is 3.44. The number of piperidine rings is 1. The molecule has 0 saturated carbocycles. The van der Waals surface area contributed by atoms with Gasteiger partial charge in [-0.2, -0.15) is 0 Å². The van der Waals surface area contributed by atoms with Crippen LogP contribution in [0.25, 0.3) is 0 Å². The smallest absolute Gasteiger partial charge is 0.109 e. The standard InChI is InChI=1S/C14H25N3S/c1-4-14(6-5-7-15-9-14)10-17-12(3)13-16-8-11(2)18-13/h8,12,15,17H,4-7,9-10H2,1-3H3. The molecule has 2 unspecified atom stereocenters. The maximum Gasteiger partial charge on any atom is 0.109 e. The highest BCUT2D eigenvalue weighted by Crippen LogP contribution is 2.30. The van der Waals surface area contributed by atoms with Crippen molar-refractivity contribution in [1.82, 2.24) is 15.6 Å². The molecular formula is C14H25N3S. The van der Waals surface area contributed by atoms with Gasteiger partial charge in [-0.3, -0.25) is 0 Å². The van der Waals surface area contributed by atoms with Gasteiger partial charge in [0.1, 0.15) is 5.01 Å². The van der Waals surface area contributed by atoms with E-state index in [9.17, 15) is 0 Å². The van der Waals surface area contributed by atoms with Crippen LogP contribution >= 0.6 is 11.3 Å². The van der Waals surface area contributed by atoms with Crippen LogP contribution in [0.3, 0.4) is 0 Å². The van der Waals surface area contributed by atoms with E-state index in [1.54, 1.807) is 11.3 Å². The molecule has 0 bridgehead atoms. The highest BCUT2D eigenvalue weighted by molar-refractivity contribution is 7.11. The SMILES string of the molecule is CCC1(CNC(C)c2ncc(C)s2)CCCNC1. The second-order valence-corrected chi connectivity index (χ2v) is 6.81. The maximum absolute atomic E-state index is 4.47. The van der Waals surface area contributed by atoms with Crippen LogP contribution in [0.2, 0.25) is 0 Å². The minimum absolute atomic E-state index is 0.369. The molecule has 0 amide bonds. The molecule has 1 aliphatic heterocycles. The van der Waals surface area contributed by atoms with Crippen molar-refractivity contribution in [3.8, 4) is 0 Å². The van der Waals surface area contributed by atoms with Gasteiger partial charge in [0.15, 0.2) is 0 Å². The van der Waals surface area contributed by atoms with E-state index in [-0.39, 0.29) is 0 Å². The Labute approximate surface area is 114 Å². The Hall–Kier alpha value is -0.450. The molecule has 102 valence electrons. The quantitative estimate of drug-likeness (QED) is 0.861. The molecule has 1 aromatic rings. The van der Waals surface area contributed by atoms with Gasteiger partial charge < -0.3 is 10.6 Å². The van der Waals surface area contributed by atoms with Crippen molar-refractivity contribution in [1.29, 1.82) is 0 Å².